The minimum absolute atomic E-state index is 0.0173. The van der Waals surface area contributed by atoms with Crippen LogP contribution in [-0.2, 0) is 6.61 Å². The van der Waals surface area contributed by atoms with Crippen molar-refractivity contribution in [2.45, 2.75) is 33.3 Å². The van der Waals surface area contributed by atoms with E-state index in [1.807, 2.05) is 32.9 Å². The predicted octanol–water partition coefficient (Wildman–Crippen LogP) is 7.91. The maximum Gasteiger partial charge on any atom is 0.291 e. The molecule has 1 amide bonds. The molecule has 9 nitrogen and oxygen atoms in total. The van der Waals surface area contributed by atoms with Crippen LogP contribution in [0.15, 0.2) is 71.1 Å². The Hall–Kier alpha value is -4.50. The molecule has 0 saturated heterocycles. The summed E-state index contributed by atoms with van der Waals surface area (Å²) in [7, 11) is 1.49. The zero-order chi connectivity index (χ0) is 28.1. The number of non-ortho nitro benzene ring substituents is 1. The van der Waals surface area contributed by atoms with E-state index in [2.05, 4.69) is 5.32 Å². The third kappa shape index (κ3) is 6.69. The lowest BCUT2D eigenvalue weighted by Gasteiger charge is -2.15. The molecular formula is C29H27ClN2O7. The lowest BCUT2D eigenvalue weighted by atomic mass is 10.0. The predicted molar refractivity (Wildman–Crippen MR) is 147 cm³/mol. The van der Waals surface area contributed by atoms with Crippen LogP contribution in [0.4, 0.5) is 11.4 Å². The first-order valence-corrected chi connectivity index (χ1v) is 12.5. The standard InChI is InChI=1S/C29H27ClN2O7/c1-17(2)23-15-24(30)18(3)11-28(23)37-16-21-9-10-27(38-21)29(33)31-19-12-20(32(34)35)14-22(13-19)39-26-8-6-5-7-25(26)36-4/h5-15,17H,16H2,1-4H3,(H,31,33). The smallest absolute Gasteiger partial charge is 0.291 e. The van der Waals surface area contributed by atoms with Gasteiger partial charge in [-0.15, -0.1) is 0 Å². The number of anilines is 1. The fourth-order valence-corrected chi connectivity index (χ4v) is 3.99. The van der Waals surface area contributed by atoms with Crippen LogP contribution < -0.4 is 19.5 Å². The van der Waals surface area contributed by atoms with Gasteiger partial charge in [0.25, 0.3) is 11.6 Å². The summed E-state index contributed by atoms with van der Waals surface area (Å²) in [5.41, 5.74) is 1.76. The number of methoxy groups -OCH3 is 1. The molecule has 202 valence electrons. The first-order chi connectivity index (χ1) is 18.6. The lowest BCUT2D eigenvalue weighted by molar-refractivity contribution is -0.384. The number of furan rings is 1. The summed E-state index contributed by atoms with van der Waals surface area (Å²) in [5, 5.41) is 14.8. The summed E-state index contributed by atoms with van der Waals surface area (Å²) in [6, 6.07) is 17.8. The van der Waals surface area contributed by atoms with Crippen molar-refractivity contribution in [1.82, 2.24) is 0 Å². The molecule has 4 aromatic rings. The van der Waals surface area contributed by atoms with Gasteiger partial charge >= 0.3 is 0 Å². The van der Waals surface area contributed by atoms with Crippen molar-refractivity contribution in [1.29, 1.82) is 0 Å². The Labute approximate surface area is 230 Å². The monoisotopic (exact) mass is 550 g/mol. The van der Waals surface area contributed by atoms with Gasteiger partial charge in [-0.2, -0.15) is 0 Å². The molecular weight excluding hydrogens is 524 g/mol. The number of nitrogens with zero attached hydrogens (tertiary/aromatic N) is 1. The molecule has 1 aromatic heterocycles. The van der Waals surface area contributed by atoms with Crippen LogP contribution in [0.3, 0.4) is 0 Å². The van der Waals surface area contributed by atoms with E-state index in [9.17, 15) is 14.9 Å². The molecule has 0 bridgehead atoms. The summed E-state index contributed by atoms with van der Waals surface area (Å²) in [6.07, 6.45) is 0. The molecule has 4 rings (SSSR count). The topological polar surface area (TPSA) is 113 Å². The molecule has 0 aliphatic carbocycles. The number of nitro groups is 1. The molecule has 0 atom stereocenters. The Morgan fingerprint density at radius 1 is 1.05 bits per heavy atom. The van der Waals surface area contributed by atoms with E-state index in [1.165, 1.54) is 31.4 Å². The van der Waals surface area contributed by atoms with Crippen LogP contribution in [0.2, 0.25) is 5.02 Å². The third-order valence-corrected chi connectivity index (χ3v) is 6.23. The maximum atomic E-state index is 12.9. The SMILES string of the molecule is COc1ccccc1Oc1cc(NC(=O)c2ccc(COc3cc(C)c(Cl)cc3C(C)C)o2)cc([N+](=O)[O-])c1. The number of rotatable bonds is 10. The van der Waals surface area contributed by atoms with E-state index < -0.39 is 10.8 Å². The molecule has 10 heteroatoms. The van der Waals surface area contributed by atoms with E-state index in [4.69, 9.17) is 30.2 Å². The lowest BCUT2D eigenvalue weighted by Crippen LogP contribution is -2.11. The first-order valence-electron chi connectivity index (χ1n) is 12.1. The zero-order valence-corrected chi connectivity index (χ0v) is 22.6. The number of hydrogen-bond acceptors (Lipinski definition) is 7. The summed E-state index contributed by atoms with van der Waals surface area (Å²) < 4.78 is 22.7. The zero-order valence-electron chi connectivity index (χ0n) is 21.8. The average molecular weight is 551 g/mol. The number of ether oxygens (including phenoxy) is 3. The Kier molecular flexibility index (Phi) is 8.41. The van der Waals surface area contributed by atoms with Crippen LogP contribution in [0.1, 0.15) is 47.2 Å². The Morgan fingerprint density at radius 3 is 2.49 bits per heavy atom. The summed E-state index contributed by atoms with van der Waals surface area (Å²) >= 11 is 6.27. The molecule has 0 radical (unpaired) electrons. The number of carbonyl (C=O) groups is 1. The molecule has 0 unspecified atom stereocenters. The molecule has 39 heavy (non-hydrogen) atoms. The van der Waals surface area contributed by atoms with Gasteiger partial charge in [-0.25, -0.2) is 0 Å². The summed E-state index contributed by atoms with van der Waals surface area (Å²) in [6.45, 7) is 6.09. The van der Waals surface area contributed by atoms with E-state index in [-0.39, 0.29) is 35.4 Å². The van der Waals surface area contributed by atoms with Crippen molar-refractivity contribution < 1.29 is 28.3 Å². The number of amides is 1. The van der Waals surface area contributed by atoms with Crippen LogP contribution in [0, 0.1) is 17.0 Å². The molecule has 3 aromatic carbocycles. The van der Waals surface area contributed by atoms with Crippen LogP contribution >= 0.6 is 11.6 Å². The Balaban J connectivity index is 1.49. The second-order valence-corrected chi connectivity index (χ2v) is 9.44. The average Bonchev–Trinajstić information content (AvgIpc) is 3.38. The van der Waals surface area contributed by atoms with Crippen molar-refractivity contribution in [3.63, 3.8) is 0 Å². The normalized spacial score (nSPS) is 10.8. The van der Waals surface area contributed by atoms with Crippen LogP contribution in [0.25, 0.3) is 0 Å². The van der Waals surface area contributed by atoms with Gasteiger partial charge in [0.1, 0.15) is 23.9 Å². The van der Waals surface area contributed by atoms with Crippen molar-refractivity contribution >= 4 is 28.9 Å². The largest absolute Gasteiger partial charge is 0.493 e. The number of halogens is 1. The van der Waals surface area contributed by atoms with E-state index in [1.54, 1.807) is 30.3 Å². The number of carbonyl (C=O) groups excluding carboxylic acids is 1. The summed E-state index contributed by atoms with van der Waals surface area (Å²) in [4.78, 5) is 23.8. The highest BCUT2D eigenvalue weighted by molar-refractivity contribution is 6.31. The minimum Gasteiger partial charge on any atom is -0.493 e. The van der Waals surface area contributed by atoms with Gasteiger partial charge in [0.05, 0.1) is 23.8 Å². The van der Waals surface area contributed by atoms with Gasteiger partial charge in [0.15, 0.2) is 17.3 Å². The van der Waals surface area contributed by atoms with Gasteiger partial charge < -0.3 is 23.9 Å². The van der Waals surface area contributed by atoms with Crippen molar-refractivity contribution in [3.8, 4) is 23.0 Å². The Bertz CT molecular complexity index is 1510. The van der Waals surface area contributed by atoms with Gasteiger partial charge in [-0.1, -0.05) is 37.6 Å². The second-order valence-electron chi connectivity index (χ2n) is 9.03. The fraction of sp³-hybridized carbons (Fsp3) is 0.207. The van der Waals surface area contributed by atoms with Crippen molar-refractivity contribution in [2.75, 3.05) is 12.4 Å². The summed E-state index contributed by atoms with van der Waals surface area (Å²) in [5.74, 6) is 1.72. The molecule has 1 heterocycles. The second kappa shape index (κ2) is 11.9. The minimum atomic E-state index is -0.588. The third-order valence-electron chi connectivity index (χ3n) is 5.83. The highest BCUT2D eigenvalue weighted by Crippen LogP contribution is 2.35. The van der Waals surface area contributed by atoms with Gasteiger partial charge in [0.2, 0.25) is 0 Å². The van der Waals surface area contributed by atoms with E-state index in [0.29, 0.717) is 28.0 Å². The Morgan fingerprint density at radius 2 is 1.79 bits per heavy atom. The van der Waals surface area contributed by atoms with Gasteiger partial charge in [-0.3, -0.25) is 14.9 Å². The molecule has 0 spiro atoms. The number of para-hydroxylation sites is 2. The van der Waals surface area contributed by atoms with Crippen molar-refractivity contribution in [2.24, 2.45) is 0 Å². The highest BCUT2D eigenvalue weighted by Gasteiger charge is 2.18. The molecule has 0 aliphatic rings. The number of benzene rings is 3. The number of nitro benzene ring substituents is 1. The molecule has 1 N–H and O–H groups in total. The van der Waals surface area contributed by atoms with E-state index in [0.717, 1.165) is 11.1 Å². The van der Waals surface area contributed by atoms with Crippen LogP contribution in [0.5, 0.6) is 23.0 Å². The molecule has 0 aliphatic heterocycles. The molecule has 0 saturated carbocycles. The molecule has 0 fully saturated rings. The van der Waals surface area contributed by atoms with Gasteiger partial charge in [-0.05, 0) is 60.4 Å². The number of hydrogen-bond donors (Lipinski definition) is 1. The maximum absolute atomic E-state index is 12.9. The first kappa shape index (κ1) is 27.5. The highest BCUT2D eigenvalue weighted by atomic mass is 35.5. The van der Waals surface area contributed by atoms with Gasteiger partial charge in [0, 0.05) is 17.2 Å². The number of aryl methyl sites for hydroxylation is 1. The van der Waals surface area contributed by atoms with E-state index >= 15 is 0 Å². The fourth-order valence-electron chi connectivity index (χ4n) is 3.82. The quantitative estimate of drug-likeness (QED) is 0.158. The van der Waals surface area contributed by atoms with Crippen molar-refractivity contribution in [3.05, 3.63) is 105 Å². The number of nitrogens with one attached hydrogen (secondary N) is 1. The van der Waals surface area contributed by atoms with Crippen LogP contribution in [-0.4, -0.2) is 17.9 Å².